The second-order valence-electron chi connectivity index (χ2n) is 9.29. The first kappa shape index (κ1) is 23.8. The molecule has 0 aromatic rings. The third-order valence-electron chi connectivity index (χ3n) is 5.99. The van der Waals surface area contributed by atoms with E-state index in [0.717, 1.165) is 42.7 Å². The van der Waals surface area contributed by atoms with E-state index in [4.69, 9.17) is 0 Å². The second-order valence-corrected chi connectivity index (χ2v) is 9.29. The van der Waals surface area contributed by atoms with Crippen LogP contribution in [0.3, 0.4) is 0 Å². The largest absolute Gasteiger partial charge is 0.389 e. The van der Waals surface area contributed by atoms with Crippen molar-refractivity contribution in [2.75, 3.05) is 6.54 Å². The van der Waals surface area contributed by atoms with Crippen molar-refractivity contribution < 1.29 is 0 Å². The molecule has 1 nitrogen and oxygen atoms in total. The Hall–Kier alpha value is -1.24. The van der Waals surface area contributed by atoms with Gasteiger partial charge in [0.15, 0.2) is 0 Å². The number of nitrogens with one attached hydrogen (secondary N) is 1. The van der Waals surface area contributed by atoms with Crippen LogP contribution in [0.5, 0.6) is 0 Å². The van der Waals surface area contributed by atoms with Gasteiger partial charge < -0.3 is 5.32 Å². The maximum Gasteiger partial charge on any atom is 0.0146 e. The number of rotatable bonds is 13. The highest BCUT2D eigenvalue weighted by atomic mass is 14.9. The van der Waals surface area contributed by atoms with Gasteiger partial charge in [-0.25, -0.2) is 0 Å². The van der Waals surface area contributed by atoms with Crippen molar-refractivity contribution >= 4 is 0 Å². The molecule has 0 aromatic carbocycles. The normalized spacial score (nSPS) is 13.2. The lowest BCUT2D eigenvalue weighted by Crippen LogP contribution is -2.27. The van der Waals surface area contributed by atoms with Gasteiger partial charge in [-0.3, -0.25) is 0 Å². The Morgan fingerprint density at radius 3 is 2.04 bits per heavy atom. The molecule has 0 fully saturated rings. The molecule has 1 heteroatoms. The SMILES string of the molecule is C=C(CC(C)(C)C(C)CCC(C)(C)C(=C)C)NCCCC(=C)C(=C)C. The molecular formula is C24H43N. The molecule has 1 unspecified atom stereocenters. The fourth-order valence-corrected chi connectivity index (χ4v) is 2.75. The topological polar surface area (TPSA) is 12.0 Å². The van der Waals surface area contributed by atoms with Crippen LogP contribution >= 0.6 is 0 Å². The van der Waals surface area contributed by atoms with Gasteiger partial charge in [0, 0.05) is 12.2 Å². The summed E-state index contributed by atoms with van der Waals surface area (Å²) in [7, 11) is 0. The van der Waals surface area contributed by atoms with Crippen molar-refractivity contribution in [1.82, 2.24) is 5.32 Å². The Bertz CT molecular complexity index is 490. The van der Waals surface area contributed by atoms with Gasteiger partial charge in [-0.05, 0) is 62.7 Å². The van der Waals surface area contributed by atoms with E-state index in [1.54, 1.807) is 0 Å². The van der Waals surface area contributed by atoms with E-state index >= 15 is 0 Å². The summed E-state index contributed by atoms with van der Waals surface area (Å²) in [4.78, 5) is 0. The van der Waals surface area contributed by atoms with Crippen LogP contribution in [0.15, 0.2) is 48.7 Å². The Morgan fingerprint density at radius 1 is 1.00 bits per heavy atom. The van der Waals surface area contributed by atoms with E-state index in [0.29, 0.717) is 5.92 Å². The first-order valence-electron chi connectivity index (χ1n) is 9.71. The fraction of sp³-hybridized carbons (Fsp3) is 0.667. The molecule has 1 N–H and O–H groups in total. The molecule has 144 valence electrons. The highest BCUT2D eigenvalue weighted by Gasteiger charge is 2.29. The van der Waals surface area contributed by atoms with Crippen LogP contribution in [0.25, 0.3) is 0 Å². The summed E-state index contributed by atoms with van der Waals surface area (Å²) in [5.41, 5.74) is 5.15. The van der Waals surface area contributed by atoms with Crippen LogP contribution in [-0.4, -0.2) is 6.54 Å². The van der Waals surface area contributed by atoms with Crippen LogP contribution in [0.2, 0.25) is 0 Å². The molecule has 0 aliphatic rings. The number of hydrogen-bond acceptors (Lipinski definition) is 1. The maximum atomic E-state index is 4.25. The van der Waals surface area contributed by atoms with Crippen LogP contribution < -0.4 is 5.32 Å². The van der Waals surface area contributed by atoms with Gasteiger partial charge in [0.25, 0.3) is 0 Å². The van der Waals surface area contributed by atoms with Gasteiger partial charge in [0.2, 0.25) is 0 Å². The van der Waals surface area contributed by atoms with Crippen LogP contribution in [0, 0.1) is 16.7 Å². The minimum absolute atomic E-state index is 0.227. The van der Waals surface area contributed by atoms with Crippen molar-refractivity contribution in [3.05, 3.63) is 48.7 Å². The number of hydrogen-bond donors (Lipinski definition) is 1. The maximum absolute atomic E-state index is 4.25. The average Bonchev–Trinajstić information content (AvgIpc) is 2.48. The Balaban J connectivity index is 4.31. The highest BCUT2D eigenvalue weighted by Crippen LogP contribution is 2.39. The molecule has 0 amide bonds. The Morgan fingerprint density at radius 2 is 1.56 bits per heavy atom. The van der Waals surface area contributed by atoms with E-state index in [1.165, 1.54) is 18.4 Å². The predicted molar refractivity (Wildman–Crippen MR) is 116 cm³/mol. The van der Waals surface area contributed by atoms with Crippen LogP contribution in [-0.2, 0) is 0 Å². The molecule has 0 bridgehead atoms. The third-order valence-corrected chi connectivity index (χ3v) is 5.99. The number of allylic oxidation sites excluding steroid dienone is 4. The van der Waals surface area contributed by atoms with E-state index in [1.807, 2.05) is 6.92 Å². The van der Waals surface area contributed by atoms with Gasteiger partial charge in [0.1, 0.15) is 0 Å². The van der Waals surface area contributed by atoms with E-state index in [2.05, 4.69) is 73.2 Å². The van der Waals surface area contributed by atoms with Gasteiger partial charge in [0.05, 0.1) is 0 Å². The van der Waals surface area contributed by atoms with E-state index in [9.17, 15) is 0 Å². The summed E-state index contributed by atoms with van der Waals surface area (Å²) in [6.07, 6.45) is 5.51. The Kier molecular flexibility index (Phi) is 9.54. The second kappa shape index (κ2) is 10.0. The summed E-state index contributed by atoms with van der Waals surface area (Å²) in [6.45, 7) is 33.2. The molecule has 0 aliphatic heterocycles. The van der Waals surface area contributed by atoms with Gasteiger partial charge in [-0.2, -0.15) is 0 Å². The lowest BCUT2D eigenvalue weighted by molar-refractivity contribution is 0.192. The van der Waals surface area contributed by atoms with Crippen LogP contribution in [0.4, 0.5) is 0 Å². The quantitative estimate of drug-likeness (QED) is 0.208. The first-order chi connectivity index (χ1) is 11.3. The fourth-order valence-electron chi connectivity index (χ4n) is 2.75. The highest BCUT2D eigenvalue weighted by molar-refractivity contribution is 5.22. The standard InChI is InChI=1S/C24H43N/c1-18(2)20(5)13-12-16-25-22(7)17-24(10,11)21(6)14-15-23(8,9)19(3)4/h21,25H,1,3,5,7,12-17H2,2,4,6,8-11H3. The molecule has 0 heterocycles. The summed E-state index contributed by atoms with van der Waals surface area (Å²) >= 11 is 0. The minimum Gasteiger partial charge on any atom is -0.389 e. The Labute approximate surface area is 158 Å². The van der Waals surface area contributed by atoms with Crippen molar-refractivity contribution in [3.63, 3.8) is 0 Å². The molecule has 0 aliphatic carbocycles. The summed E-state index contributed by atoms with van der Waals surface area (Å²) < 4.78 is 0. The zero-order valence-electron chi connectivity index (χ0n) is 18.1. The van der Waals surface area contributed by atoms with Gasteiger partial charge in [-0.15, -0.1) is 0 Å². The molecule has 1 atom stereocenters. The monoisotopic (exact) mass is 345 g/mol. The lowest BCUT2D eigenvalue weighted by atomic mass is 9.71. The summed E-state index contributed by atoms with van der Waals surface area (Å²) in [5.74, 6) is 0.646. The van der Waals surface area contributed by atoms with Crippen molar-refractivity contribution in [2.24, 2.45) is 16.7 Å². The smallest absolute Gasteiger partial charge is 0.0146 e. The summed E-state index contributed by atoms with van der Waals surface area (Å²) in [5, 5.41) is 3.50. The minimum atomic E-state index is 0.227. The molecule has 0 rings (SSSR count). The molecule has 0 spiro atoms. The molecular weight excluding hydrogens is 302 g/mol. The average molecular weight is 346 g/mol. The van der Waals surface area contributed by atoms with Crippen molar-refractivity contribution in [2.45, 2.75) is 80.6 Å². The lowest BCUT2D eigenvalue weighted by Gasteiger charge is -2.35. The molecule has 0 aromatic heterocycles. The molecule has 0 saturated heterocycles. The summed E-state index contributed by atoms with van der Waals surface area (Å²) in [6, 6.07) is 0. The third kappa shape index (κ3) is 9.14. The molecule has 25 heavy (non-hydrogen) atoms. The van der Waals surface area contributed by atoms with Gasteiger partial charge in [-0.1, -0.05) is 77.7 Å². The zero-order valence-corrected chi connectivity index (χ0v) is 18.1. The first-order valence-corrected chi connectivity index (χ1v) is 9.71. The van der Waals surface area contributed by atoms with E-state index < -0.39 is 0 Å². The molecule has 0 saturated carbocycles. The predicted octanol–water partition coefficient (Wildman–Crippen LogP) is 7.44. The van der Waals surface area contributed by atoms with Crippen molar-refractivity contribution in [1.29, 1.82) is 0 Å². The molecule has 0 radical (unpaired) electrons. The van der Waals surface area contributed by atoms with Gasteiger partial charge >= 0.3 is 0 Å². The van der Waals surface area contributed by atoms with E-state index in [-0.39, 0.29) is 10.8 Å². The van der Waals surface area contributed by atoms with Crippen molar-refractivity contribution in [3.8, 4) is 0 Å². The van der Waals surface area contributed by atoms with Crippen LogP contribution in [0.1, 0.15) is 80.6 Å². The zero-order chi connectivity index (χ0) is 19.8.